The van der Waals surface area contributed by atoms with Gasteiger partial charge >= 0.3 is 0 Å². The molecule has 8 aromatic carbocycles. The van der Waals surface area contributed by atoms with E-state index in [1.807, 2.05) is 25.1 Å². The van der Waals surface area contributed by atoms with Crippen molar-refractivity contribution in [2.75, 3.05) is 78.1 Å². The lowest BCUT2D eigenvalue weighted by Crippen LogP contribution is -2.05. The van der Waals surface area contributed by atoms with E-state index in [0.717, 1.165) is 22.9 Å². The molecular weight excluding hydrogens is 1920 g/mol. The number of pyridine rings is 4. The molecule has 0 aliphatic rings. The molecule has 0 fully saturated rings. The number of rotatable bonds is 31. The van der Waals surface area contributed by atoms with E-state index in [9.17, 15) is 39.9 Å². The van der Waals surface area contributed by atoms with Crippen molar-refractivity contribution in [3.63, 3.8) is 0 Å². The van der Waals surface area contributed by atoms with Crippen LogP contribution in [-0.4, -0.2) is 103 Å². The highest BCUT2D eigenvalue weighted by molar-refractivity contribution is 6.66. The monoisotopic (exact) mass is 2010 g/mol. The predicted molar refractivity (Wildman–Crippen MR) is 537 cm³/mol. The number of halogens is 11. The van der Waals surface area contributed by atoms with Gasteiger partial charge in [-0.3, -0.25) is 39.9 Å². The van der Waals surface area contributed by atoms with E-state index >= 15 is 17.6 Å². The van der Waals surface area contributed by atoms with E-state index in [0.29, 0.717) is 91.2 Å². The number of aromatic nitrogens is 4. The van der Waals surface area contributed by atoms with Crippen molar-refractivity contribution in [3.05, 3.63) is 341 Å². The fourth-order valence-electron chi connectivity index (χ4n) is 13.1. The van der Waals surface area contributed by atoms with E-state index in [1.165, 1.54) is 156 Å². The van der Waals surface area contributed by atoms with E-state index in [2.05, 4.69) is 54.4 Å². The highest BCUT2D eigenvalue weighted by Crippen LogP contribution is 2.50. The summed E-state index contributed by atoms with van der Waals surface area (Å²) in [5.41, 5.74) is 8.54. The molecule has 0 unspecified atom stereocenters. The van der Waals surface area contributed by atoms with Crippen LogP contribution in [-0.2, 0) is 16.0 Å². The van der Waals surface area contributed by atoms with Gasteiger partial charge in [-0.25, -0.2) is 37.5 Å². The lowest BCUT2D eigenvalue weighted by molar-refractivity contribution is -0.384. The van der Waals surface area contributed by atoms with Crippen LogP contribution in [0.2, 0.25) is 30.1 Å². The molecule has 0 aliphatic heterocycles. The Bertz CT molecular complexity index is 6380. The fourth-order valence-corrected chi connectivity index (χ4v) is 15.5. The highest BCUT2D eigenvalue weighted by atomic mass is 35.5. The van der Waals surface area contributed by atoms with Gasteiger partial charge in [0.15, 0.2) is 5.78 Å². The molecule has 714 valence electrons. The summed E-state index contributed by atoms with van der Waals surface area (Å²) in [6, 6.07) is 42.1. The number of allylic oxidation sites excluding steroid dienone is 6. The fraction of sp³-hybridized carbons (Fsp3) is 0.172. The number of hydrogen-bond donors (Lipinski definition) is 4. The van der Waals surface area contributed by atoms with Crippen molar-refractivity contribution in [2.45, 2.75) is 61.8 Å². The third kappa shape index (κ3) is 27.1. The van der Waals surface area contributed by atoms with Crippen LogP contribution in [0.5, 0.6) is 46.0 Å². The van der Waals surface area contributed by atoms with Crippen molar-refractivity contribution < 1.29 is 79.8 Å². The van der Waals surface area contributed by atoms with Crippen LogP contribution in [0.4, 0.5) is 80.6 Å². The molecule has 0 amide bonds. The minimum Gasteiger partial charge on any atom is -0.497 e. The molecule has 137 heavy (non-hydrogen) atoms. The maximum absolute atomic E-state index is 15.5. The first kappa shape index (κ1) is 108. The van der Waals surface area contributed by atoms with Gasteiger partial charge in [0.05, 0.1) is 102 Å². The molecule has 0 spiro atoms. The molecule has 0 saturated heterocycles. The van der Waals surface area contributed by atoms with Crippen molar-refractivity contribution in [1.82, 2.24) is 19.9 Å². The number of nitrogens with zero attached hydrogens (tertiary/aromatic N) is 7. The number of aryl methyl sites for hydroxylation is 4. The van der Waals surface area contributed by atoms with Crippen LogP contribution >= 0.6 is 81.2 Å². The average molecular weight is 2010 g/mol. The number of ether oxygens (including phenoxy) is 8. The summed E-state index contributed by atoms with van der Waals surface area (Å²) in [6.07, 6.45) is 7.97. The summed E-state index contributed by atoms with van der Waals surface area (Å²) in [5, 5.41) is 46.4. The summed E-state index contributed by atoms with van der Waals surface area (Å²) in [7, 11) is 11.7. The minimum atomic E-state index is -0.602. The lowest BCUT2D eigenvalue weighted by Gasteiger charge is -2.16. The third-order valence-electron chi connectivity index (χ3n) is 20.5. The quantitative estimate of drug-likeness (QED) is 0.0103. The molecule has 0 radical (unpaired) electrons. The number of ketones is 1. The van der Waals surface area contributed by atoms with Crippen LogP contribution < -0.4 is 59.2 Å². The van der Waals surface area contributed by atoms with Gasteiger partial charge in [0, 0.05) is 118 Å². The Morgan fingerprint density at radius 3 is 0.832 bits per heavy atom. The SMILES string of the molecule is C=CC(=O)Cc1cccc(C)c1Nc1ccc(/C(F)=C(\C)c2c(Cl)c(OC)cc(OC)c2Cl)cn1.C=CC(=O)Cl.COc1cc(OC)c(Cl)c(/C(C)=C(\F)c2ccc(Nc3c(C)cccc3[N+](=O)[O-])nc2)c1Cl.COc1cc(OC)c(Cl)c(/C(C)=C(\F)c2ccc(Nc3c(C)cccc3[N+](=O)[O-])nc2)c1Cl.COc1cc(OC)cc(/C(C)=C(\F)c2ccc(Nc3c(C)cccc3[N+](=O)[O-])nc2)c1. The number of carbonyl (C=O) groups is 2. The molecule has 12 rings (SSSR count). The highest BCUT2D eigenvalue weighted by Gasteiger charge is 2.28. The van der Waals surface area contributed by atoms with Gasteiger partial charge < -0.3 is 59.2 Å². The topological polar surface area (TPSA) is 337 Å². The Kier molecular flexibility index (Phi) is 39.7. The zero-order valence-electron chi connectivity index (χ0n) is 76.4. The second kappa shape index (κ2) is 50.3. The number of nitro benzene ring substituents is 3. The Morgan fingerprint density at radius 1 is 0.358 bits per heavy atom. The molecule has 0 atom stereocenters. The number of nitro groups is 3. The van der Waals surface area contributed by atoms with Gasteiger partial charge in [-0.1, -0.05) is 137 Å². The Morgan fingerprint density at radius 2 is 0.606 bits per heavy atom. The third-order valence-corrected chi connectivity index (χ3v) is 22.9. The zero-order valence-corrected chi connectivity index (χ0v) is 81.7. The molecule has 38 heteroatoms. The van der Waals surface area contributed by atoms with Crippen molar-refractivity contribution in [3.8, 4) is 46.0 Å². The van der Waals surface area contributed by atoms with E-state index in [-0.39, 0.29) is 138 Å². The molecule has 27 nitrogen and oxygen atoms in total. The number of hydrogen-bond acceptors (Lipinski definition) is 24. The molecule has 12 aromatic rings. The Labute approximate surface area is 821 Å². The van der Waals surface area contributed by atoms with Crippen LogP contribution in [0.15, 0.2) is 208 Å². The van der Waals surface area contributed by atoms with Gasteiger partial charge in [-0.2, -0.15) is 0 Å². The maximum atomic E-state index is 15.5. The van der Waals surface area contributed by atoms with Crippen LogP contribution in [0, 0.1) is 58.0 Å². The van der Waals surface area contributed by atoms with Gasteiger partial charge in [-0.05, 0) is 195 Å². The standard InChI is InChI=1S/C27H25Cl2FN2O3.2C23H20Cl2FN3O4.C23H22FN3O4.C3H3ClO/c1-6-19(33)12-17-9-7-8-15(2)27(17)32-22-11-10-18(14-31-22)26(30)16(3)23-24(28)20(34-4)13-21(35-5)25(23)29;2*1-12-6-5-7-15(29(30)31)23(12)28-18-9-8-14(11-27-18)22(26)13(2)19-20(24)16(32-3)10-17(33-4)21(19)25;1-14-6-5-7-20(27(28)29)23(14)26-21-9-8-16(13-25-21)22(24)15(2)17-10-18(30-3)12-19(11-17)31-4;1-2-3(4)5/h6-11,13-14H,1,12H2,2-5H3,(H,31,32);2*5-11H,1-4H3,(H,27,28);5-13H,1-4H3,(H,25,26);2H,1H2/b26-16-;2*22-13-;22-15-;. The number of para-hydroxylation sites is 4. The smallest absolute Gasteiger partial charge is 0.292 e. The minimum absolute atomic E-state index is 0.0558. The predicted octanol–water partition coefficient (Wildman–Crippen LogP) is 28.9. The molecular formula is C99H90Cl7F4N11O16. The van der Waals surface area contributed by atoms with Crippen LogP contribution in [0.25, 0.3) is 45.6 Å². The molecule has 4 heterocycles. The first-order valence-electron chi connectivity index (χ1n) is 40.4. The van der Waals surface area contributed by atoms with Crippen LogP contribution in [0.3, 0.4) is 0 Å². The Balaban J connectivity index is 0.000000220. The second-order valence-electron chi connectivity index (χ2n) is 29.1. The summed E-state index contributed by atoms with van der Waals surface area (Å²) >= 11 is 43.2. The molecule has 0 aliphatic carbocycles. The molecule has 4 aromatic heterocycles. The number of benzene rings is 8. The summed E-state index contributed by atoms with van der Waals surface area (Å²) < 4.78 is 103. The normalized spacial score (nSPS) is 11.4. The first-order chi connectivity index (χ1) is 65.2. The first-order valence-corrected chi connectivity index (χ1v) is 43.1. The van der Waals surface area contributed by atoms with Crippen LogP contribution in [0.1, 0.15) is 100 Å². The zero-order chi connectivity index (χ0) is 101. The van der Waals surface area contributed by atoms with Crippen molar-refractivity contribution in [1.29, 1.82) is 0 Å². The maximum Gasteiger partial charge on any atom is 0.292 e. The molecule has 0 saturated carbocycles. The largest absolute Gasteiger partial charge is 0.497 e. The average Bonchev–Trinajstić information content (AvgIpc) is 0.790. The van der Waals surface area contributed by atoms with Gasteiger partial charge in [-0.15, -0.1) is 0 Å². The number of carbonyl (C=O) groups excluding carboxylic acids is 2. The van der Waals surface area contributed by atoms with Crippen molar-refractivity contribution >= 4 is 201 Å². The van der Waals surface area contributed by atoms with E-state index in [4.69, 9.17) is 119 Å². The Hall–Kier alpha value is -14.3. The molecule has 4 N–H and O–H groups in total. The number of nitrogens with one attached hydrogen (secondary N) is 4. The second-order valence-corrected chi connectivity index (χ2v) is 31.7. The summed E-state index contributed by atoms with van der Waals surface area (Å²) in [6.45, 7) is 20.1. The van der Waals surface area contributed by atoms with Gasteiger partial charge in [0.25, 0.3) is 17.1 Å². The van der Waals surface area contributed by atoms with E-state index < -0.39 is 43.3 Å². The summed E-state index contributed by atoms with van der Waals surface area (Å²) in [5.74, 6) is 2.13. The van der Waals surface area contributed by atoms with Gasteiger partial charge in [0.1, 0.15) is 110 Å². The van der Waals surface area contributed by atoms with E-state index in [1.54, 1.807) is 120 Å². The number of anilines is 8. The lowest BCUT2D eigenvalue weighted by atomic mass is 10.0. The van der Waals surface area contributed by atoms with Gasteiger partial charge in [0.2, 0.25) is 5.24 Å². The number of methoxy groups -OCH3 is 8. The molecule has 0 bridgehead atoms. The van der Waals surface area contributed by atoms with Crippen molar-refractivity contribution in [2.24, 2.45) is 0 Å². The summed E-state index contributed by atoms with van der Waals surface area (Å²) in [4.78, 5) is 70.8.